The van der Waals surface area contributed by atoms with Crippen LogP contribution in [0.3, 0.4) is 0 Å². The number of amides is 1. The number of benzene rings is 1. The Morgan fingerprint density at radius 3 is 2.62 bits per heavy atom. The molecule has 1 heterocycles. The largest absolute Gasteiger partial charge is 0.469 e. The van der Waals surface area contributed by atoms with Crippen LogP contribution in [0.2, 0.25) is 0 Å². The summed E-state index contributed by atoms with van der Waals surface area (Å²) < 4.78 is 5.82. The zero-order valence-corrected chi connectivity index (χ0v) is 10.1. The van der Waals surface area contributed by atoms with Gasteiger partial charge < -0.3 is 10.1 Å². The smallest absolute Gasteiger partial charge is 0.257 e. The molecular formula is C13H17NO2. The molecule has 1 N–H and O–H groups in total. The van der Waals surface area contributed by atoms with Gasteiger partial charge in [-0.05, 0) is 24.6 Å². The number of aryl methyl sites for hydroxylation is 1. The summed E-state index contributed by atoms with van der Waals surface area (Å²) in [6.07, 6.45) is -0.269. The first-order valence-corrected chi connectivity index (χ1v) is 5.46. The minimum Gasteiger partial charge on any atom is -0.469 e. The fraction of sp³-hybridized carbons (Fsp3) is 0.462. The van der Waals surface area contributed by atoms with Crippen LogP contribution in [0.5, 0.6) is 5.75 Å². The summed E-state index contributed by atoms with van der Waals surface area (Å²) >= 11 is 0. The molecule has 16 heavy (non-hydrogen) atoms. The van der Waals surface area contributed by atoms with Crippen molar-refractivity contribution < 1.29 is 9.53 Å². The molecule has 0 saturated heterocycles. The predicted molar refractivity (Wildman–Crippen MR) is 62.5 cm³/mol. The van der Waals surface area contributed by atoms with Crippen molar-refractivity contribution in [2.45, 2.75) is 33.9 Å². The lowest BCUT2D eigenvalue weighted by atomic mass is 9.92. The molecule has 1 amide bonds. The number of carbonyl (C=O) groups excluding carboxylic acids is 1. The van der Waals surface area contributed by atoms with Gasteiger partial charge in [-0.2, -0.15) is 0 Å². The number of carbonyl (C=O) groups is 1. The molecule has 0 aromatic heterocycles. The molecule has 0 fully saturated rings. The Morgan fingerprint density at radius 1 is 1.31 bits per heavy atom. The summed E-state index contributed by atoms with van der Waals surface area (Å²) in [6.45, 7) is 8.11. The summed E-state index contributed by atoms with van der Waals surface area (Å²) in [4.78, 5) is 11.9. The Bertz CT molecular complexity index is 432. The van der Waals surface area contributed by atoms with Crippen molar-refractivity contribution in [2.24, 2.45) is 5.41 Å². The third kappa shape index (κ3) is 1.90. The second kappa shape index (κ2) is 3.51. The number of hydrogen-bond acceptors (Lipinski definition) is 2. The monoisotopic (exact) mass is 219 g/mol. The van der Waals surface area contributed by atoms with Crippen molar-refractivity contribution in [3.63, 3.8) is 0 Å². The molecule has 3 nitrogen and oxygen atoms in total. The zero-order chi connectivity index (χ0) is 11.9. The van der Waals surface area contributed by atoms with Crippen molar-refractivity contribution in [2.75, 3.05) is 0 Å². The minimum absolute atomic E-state index is 0.0545. The van der Waals surface area contributed by atoms with Crippen LogP contribution in [0.4, 0.5) is 0 Å². The number of fused-ring (bicyclic) bond motifs is 1. The van der Waals surface area contributed by atoms with Gasteiger partial charge in [0.15, 0.2) is 6.23 Å². The van der Waals surface area contributed by atoms with Crippen LogP contribution in [0.25, 0.3) is 0 Å². The molecule has 86 valence electrons. The summed E-state index contributed by atoms with van der Waals surface area (Å²) in [7, 11) is 0. The number of ether oxygens (including phenoxy) is 1. The van der Waals surface area contributed by atoms with E-state index in [1.807, 2.05) is 39.8 Å². The lowest BCUT2D eigenvalue weighted by Crippen LogP contribution is -2.50. The van der Waals surface area contributed by atoms with Crippen LogP contribution >= 0.6 is 0 Å². The number of nitrogens with one attached hydrogen (secondary N) is 1. The molecule has 0 saturated carbocycles. The normalized spacial score (nSPS) is 19.8. The fourth-order valence-corrected chi connectivity index (χ4v) is 1.66. The summed E-state index contributed by atoms with van der Waals surface area (Å²) in [5.41, 5.74) is 1.60. The maximum absolute atomic E-state index is 11.9. The molecule has 0 aliphatic carbocycles. The van der Waals surface area contributed by atoms with Gasteiger partial charge in [0.2, 0.25) is 0 Å². The van der Waals surface area contributed by atoms with Crippen molar-refractivity contribution in [1.29, 1.82) is 0 Å². The lowest BCUT2D eigenvalue weighted by Gasteiger charge is -2.35. The molecule has 0 spiro atoms. The highest BCUT2D eigenvalue weighted by molar-refractivity contribution is 5.98. The second-order valence-electron chi connectivity index (χ2n) is 5.34. The Kier molecular flexibility index (Phi) is 2.41. The van der Waals surface area contributed by atoms with Gasteiger partial charge in [0.05, 0.1) is 5.56 Å². The molecule has 0 unspecified atom stereocenters. The highest BCUT2D eigenvalue weighted by Crippen LogP contribution is 2.30. The van der Waals surface area contributed by atoms with Gasteiger partial charge in [0.25, 0.3) is 5.91 Å². The van der Waals surface area contributed by atoms with E-state index in [4.69, 9.17) is 4.74 Å². The maximum Gasteiger partial charge on any atom is 0.257 e. The van der Waals surface area contributed by atoms with Gasteiger partial charge in [0.1, 0.15) is 5.75 Å². The van der Waals surface area contributed by atoms with Gasteiger partial charge >= 0.3 is 0 Å². The van der Waals surface area contributed by atoms with E-state index in [0.717, 1.165) is 5.56 Å². The van der Waals surface area contributed by atoms with Crippen molar-refractivity contribution in [3.05, 3.63) is 29.3 Å². The molecule has 1 aromatic rings. The molecule has 1 aliphatic heterocycles. The standard InChI is InChI=1S/C13H17NO2/c1-8-5-6-9-10(7-8)16-12(13(2,3)4)14-11(9)15/h5-7,12H,1-4H3,(H,14,15)/t12-/m1/s1. The third-order valence-electron chi connectivity index (χ3n) is 2.68. The van der Waals surface area contributed by atoms with E-state index in [1.54, 1.807) is 6.07 Å². The van der Waals surface area contributed by atoms with Gasteiger partial charge in [-0.3, -0.25) is 4.79 Å². The van der Waals surface area contributed by atoms with Gasteiger partial charge in [0, 0.05) is 5.41 Å². The lowest BCUT2D eigenvalue weighted by molar-refractivity contribution is 0.0365. The Labute approximate surface area is 95.8 Å². The first-order chi connectivity index (χ1) is 7.38. The molecule has 1 atom stereocenters. The van der Waals surface area contributed by atoms with E-state index in [-0.39, 0.29) is 17.6 Å². The predicted octanol–water partition coefficient (Wildman–Crippen LogP) is 2.49. The van der Waals surface area contributed by atoms with Gasteiger partial charge in [-0.1, -0.05) is 26.8 Å². The van der Waals surface area contributed by atoms with Crippen LogP contribution in [0.1, 0.15) is 36.7 Å². The third-order valence-corrected chi connectivity index (χ3v) is 2.68. The first-order valence-electron chi connectivity index (χ1n) is 5.46. The van der Waals surface area contributed by atoms with E-state index < -0.39 is 0 Å². The molecular weight excluding hydrogens is 202 g/mol. The summed E-state index contributed by atoms with van der Waals surface area (Å²) in [5, 5.41) is 2.87. The topological polar surface area (TPSA) is 38.3 Å². The first kappa shape index (κ1) is 11.0. The van der Waals surface area contributed by atoms with Crippen molar-refractivity contribution in [3.8, 4) is 5.75 Å². The Morgan fingerprint density at radius 2 is 2.00 bits per heavy atom. The van der Waals surface area contributed by atoms with Crippen molar-refractivity contribution >= 4 is 5.91 Å². The van der Waals surface area contributed by atoms with Crippen LogP contribution in [-0.4, -0.2) is 12.1 Å². The average Bonchev–Trinajstić information content (AvgIpc) is 2.15. The quantitative estimate of drug-likeness (QED) is 0.728. The minimum atomic E-state index is -0.269. The molecule has 0 radical (unpaired) electrons. The van der Waals surface area contributed by atoms with Gasteiger partial charge in [-0.25, -0.2) is 0 Å². The van der Waals surface area contributed by atoms with E-state index in [1.165, 1.54) is 0 Å². The van der Waals surface area contributed by atoms with Crippen LogP contribution in [-0.2, 0) is 0 Å². The van der Waals surface area contributed by atoms with Crippen LogP contribution in [0.15, 0.2) is 18.2 Å². The second-order valence-corrected chi connectivity index (χ2v) is 5.34. The summed E-state index contributed by atoms with van der Waals surface area (Å²) in [5.74, 6) is 0.629. The Hall–Kier alpha value is -1.51. The summed E-state index contributed by atoms with van der Waals surface area (Å²) in [6, 6.07) is 5.63. The van der Waals surface area contributed by atoms with E-state index >= 15 is 0 Å². The molecule has 1 aliphatic rings. The maximum atomic E-state index is 11.9. The van der Waals surface area contributed by atoms with Crippen molar-refractivity contribution in [1.82, 2.24) is 5.32 Å². The molecule has 2 rings (SSSR count). The molecule has 1 aromatic carbocycles. The van der Waals surface area contributed by atoms with Gasteiger partial charge in [-0.15, -0.1) is 0 Å². The highest BCUT2D eigenvalue weighted by Gasteiger charge is 2.33. The van der Waals surface area contributed by atoms with Crippen LogP contribution < -0.4 is 10.1 Å². The fourth-order valence-electron chi connectivity index (χ4n) is 1.66. The Balaban J connectivity index is 2.39. The van der Waals surface area contributed by atoms with Crippen LogP contribution in [0, 0.1) is 12.3 Å². The molecule has 0 bridgehead atoms. The van der Waals surface area contributed by atoms with E-state index in [2.05, 4.69) is 5.32 Å². The van der Waals surface area contributed by atoms with E-state index in [9.17, 15) is 4.79 Å². The SMILES string of the molecule is Cc1ccc2c(c1)O[C@H](C(C)(C)C)NC2=O. The number of rotatable bonds is 0. The average molecular weight is 219 g/mol. The zero-order valence-electron chi connectivity index (χ0n) is 10.1. The highest BCUT2D eigenvalue weighted by atomic mass is 16.5. The number of hydrogen-bond donors (Lipinski definition) is 1. The van der Waals surface area contributed by atoms with E-state index in [0.29, 0.717) is 11.3 Å². The molecule has 3 heteroatoms.